The Morgan fingerprint density at radius 3 is 2.67 bits per heavy atom. The molecule has 3 aromatic rings. The number of methoxy groups -OCH3 is 2. The number of nitrogens with one attached hydrogen (secondary N) is 1. The standard InChI is InChI=1S/C25H28F2N6O3/c1-34-15-36-22-11-18(16-9-24(35-2)32-28-12-16)20(27)10-19(22)21-3-4-23(31-30-21)33-8-5-17(13-33)29-25(14-26)6-7-25/h3-4,9-12,17,29H,5-8,13-15H2,1-2H3. The second-order valence-electron chi connectivity index (χ2n) is 9.13. The maximum Gasteiger partial charge on any atom is 0.233 e. The Bertz CT molecular complexity index is 1210. The molecule has 1 N–H and O–H groups in total. The number of rotatable bonds is 10. The number of nitrogens with zero attached hydrogens (tertiary/aromatic N) is 5. The lowest BCUT2D eigenvalue weighted by Crippen LogP contribution is -2.43. The Hall–Kier alpha value is -3.44. The predicted octanol–water partition coefficient (Wildman–Crippen LogP) is 3.40. The zero-order valence-corrected chi connectivity index (χ0v) is 20.2. The van der Waals surface area contributed by atoms with Gasteiger partial charge in [0.15, 0.2) is 12.6 Å². The van der Waals surface area contributed by atoms with E-state index in [1.54, 1.807) is 18.2 Å². The van der Waals surface area contributed by atoms with E-state index in [0.29, 0.717) is 22.6 Å². The minimum absolute atomic E-state index is 0.0238. The molecule has 1 saturated heterocycles. The first-order valence-corrected chi connectivity index (χ1v) is 11.8. The van der Waals surface area contributed by atoms with Gasteiger partial charge in [0.1, 0.15) is 18.2 Å². The average Bonchev–Trinajstić information content (AvgIpc) is 3.54. The first kappa shape index (κ1) is 24.3. The number of hydrogen-bond donors (Lipinski definition) is 1. The van der Waals surface area contributed by atoms with Gasteiger partial charge in [0.05, 0.1) is 19.0 Å². The summed E-state index contributed by atoms with van der Waals surface area (Å²) in [6, 6.07) is 8.40. The van der Waals surface area contributed by atoms with Crippen molar-refractivity contribution in [2.45, 2.75) is 30.8 Å². The Morgan fingerprint density at radius 1 is 1.11 bits per heavy atom. The number of benzene rings is 1. The Labute approximate surface area is 207 Å². The van der Waals surface area contributed by atoms with Crippen LogP contribution in [0, 0.1) is 5.82 Å². The molecule has 36 heavy (non-hydrogen) atoms. The van der Waals surface area contributed by atoms with Crippen molar-refractivity contribution >= 4 is 5.82 Å². The van der Waals surface area contributed by atoms with Gasteiger partial charge in [0.25, 0.3) is 0 Å². The molecule has 3 heterocycles. The van der Waals surface area contributed by atoms with Crippen LogP contribution in [0.25, 0.3) is 22.4 Å². The van der Waals surface area contributed by atoms with Gasteiger partial charge in [-0.05, 0) is 43.5 Å². The molecule has 1 aliphatic carbocycles. The molecule has 1 aromatic carbocycles. The van der Waals surface area contributed by atoms with Crippen molar-refractivity contribution in [2.24, 2.45) is 0 Å². The topological polar surface area (TPSA) is 94.5 Å². The van der Waals surface area contributed by atoms with Crippen LogP contribution in [0.4, 0.5) is 14.6 Å². The van der Waals surface area contributed by atoms with Crippen molar-refractivity contribution in [3.63, 3.8) is 0 Å². The molecule has 0 radical (unpaired) electrons. The van der Waals surface area contributed by atoms with Gasteiger partial charge in [-0.25, -0.2) is 8.78 Å². The minimum Gasteiger partial charge on any atom is -0.480 e. The number of ether oxygens (including phenoxy) is 3. The highest BCUT2D eigenvalue weighted by Crippen LogP contribution is 2.38. The highest BCUT2D eigenvalue weighted by atomic mass is 19.1. The number of aromatic nitrogens is 4. The molecule has 1 atom stereocenters. The summed E-state index contributed by atoms with van der Waals surface area (Å²) in [6.07, 6.45) is 4.15. The molecule has 2 aromatic heterocycles. The molecule has 5 rings (SSSR count). The Balaban J connectivity index is 1.38. The van der Waals surface area contributed by atoms with E-state index in [-0.39, 0.29) is 36.5 Å². The maximum atomic E-state index is 15.2. The quantitative estimate of drug-likeness (QED) is 0.422. The largest absolute Gasteiger partial charge is 0.480 e. The van der Waals surface area contributed by atoms with Crippen molar-refractivity contribution in [1.29, 1.82) is 0 Å². The second-order valence-corrected chi connectivity index (χ2v) is 9.13. The van der Waals surface area contributed by atoms with E-state index >= 15 is 4.39 Å². The first-order chi connectivity index (χ1) is 17.5. The van der Waals surface area contributed by atoms with E-state index in [4.69, 9.17) is 14.2 Å². The van der Waals surface area contributed by atoms with E-state index in [9.17, 15) is 4.39 Å². The first-order valence-electron chi connectivity index (χ1n) is 11.8. The third-order valence-corrected chi connectivity index (χ3v) is 6.61. The van der Waals surface area contributed by atoms with Crippen LogP contribution in [-0.2, 0) is 4.74 Å². The summed E-state index contributed by atoms with van der Waals surface area (Å²) in [5.41, 5.74) is 1.36. The van der Waals surface area contributed by atoms with Crippen molar-refractivity contribution < 1.29 is 23.0 Å². The smallest absolute Gasteiger partial charge is 0.233 e. The van der Waals surface area contributed by atoms with Gasteiger partial charge < -0.3 is 24.4 Å². The fourth-order valence-corrected chi connectivity index (χ4v) is 4.43. The summed E-state index contributed by atoms with van der Waals surface area (Å²) in [7, 11) is 2.97. The molecule has 11 heteroatoms. The molecule has 190 valence electrons. The molecule has 0 bridgehead atoms. The number of hydrogen-bond acceptors (Lipinski definition) is 9. The zero-order chi connectivity index (χ0) is 25.1. The second kappa shape index (κ2) is 10.3. The maximum absolute atomic E-state index is 15.2. The van der Waals surface area contributed by atoms with Crippen LogP contribution in [0.5, 0.6) is 11.6 Å². The number of halogens is 2. The Kier molecular flexibility index (Phi) is 6.92. The zero-order valence-electron chi connectivity index (χ0n) is 20.2. The number of alkyl halides is 1. The lowest BCUT2D eigenvalue weighted by molar-refractivity contribution is 0.0515. The lowest BCUT2D eigenvalue weighted by atomic mass is 10.0. The fourth-order valence-electron chi connectivity index (χ4n) is 4.43. The predicted molar refractivity (Wildman–Crippen MR) is 129 cm³/mol. The average molecular weight is 499 g/mol. The van der Waals surface area contributed by atoms with Gasteiger partial charge in [-0.15, -0.1) is 15.3 Å². The molecule has 1 aliphatic heterocycles. The van der Waals surface area contributed by atoms with Crippen molar-refractivity contribution in [3.05, 3.63) is 42.3 Å². The molecule has 0 spiro atoms. The Morgan fingerprint density at radius 2 is 1.97 bits per heavy atom. The van der Waals surface area contributed by atoms with Crippen LogP contribution in [0.15, 0.2) is 36.5 Å². The van der Waals surface area contributed by atoms with Gasteiger partial charge in [-0.2, -0.15) is 5.10 Å². The van der Waals surface area contributed by atoms with E-state index in [1.165, 1.54) is 26.5 Å². The van der Waals surface area contributed by atoms with Crippen LogP contribution in [-0.4, -0.2) is 72.8 Å². The monoisotopic (exact) mass is 498 g/mol. The molecule has 9 nitrogen and oxygen atoms in total. The minimum atomic E-state index is -0.481. The van der Waals surface area contributed by atoms with Crippen molar-refractivity contribution in [2.75, 3.05) is 45.7 Å². The highest BCUT2D eigenvalue weighted by molar-refractivity contribution is 5.75. The van der Waals surface area contributed by atoms with Gasteiger partial charge in [-0.3, -0.25) is 0 Å². The van der Waals surface area contributed by atoms with Crippen molar-refractivity contribution in [1.82, 2.24) is 25.7 Å². The van der Waals surface area contributed by atoms with E-state index in [2.05, 4.69) is 30.6 Å². The third kappa shape index (κ3) is 5.07. The van der Waals surface area contributed by atoms with Crippen LogP contribution in [0.3, 0.4) is 0 Å². The molecule has 1 unspecified atom stereocenters. The summed E-state index contributed by atoms with van der Waals surface area (Å²) in [6.45, 7) is 1.20. The molecule has 2 aliphatic rings. The normalized spacial score (nSPS) is 18.3. The van der Waals surface area contributed by atoms with Crippen LogP contribution < -0.4 is 19.7 Å². The summed E-state index contributed by atoms with van der Waals surface area (Å²) in [5.74, 6) is 0.899. The molecule has 2 fully saturated rings. The van der Waals surface area contributed by atoms with Crippen LogP contribution >= 0.6 is 0 Å². The summed E-state index contributed by atoms with van der Waals surface area (Å²) < 4.78 is 44.4. The van der Waals surface area contributed by atoms with Gasteiger partial charge >= 0.3 is 0 Å². The van der Waals surface area contributed by atoms with Gasteiger partial charge in [0, 0.05) is 54.5 Å². The van der Waals surface area contributed by atoms with Crippen LogP contribution in [0.1, 0.15) is 19.3 Å². The van der Waals surface area contributed by atoms with Crippen LogP contribution in [0.2, 0.25) is 0 Å². The summed E-state index contributed by atoms with van der Waals surface area (Å²) in [5, 5.41) is 19.9. The number of anilines is 1. The van der Waals surface area contributed by atoms with Gasteiger partial charge in [0.2, 0.25) is 5.88 Å². The summed E-state index contributed by atoms with van der Waals surface area (Å²) in [4.78, 5) is 2.12. The van der Waals surface area contributed by atoms with E-state index in [1.807, 2.05) is 6.07 Å². The van der Waals surface area contributed by atoms with Gasteiger partial charge in [-0.1, -0.05) is 0 Å². The summed E-state index contributed by atoms with van der Waals surface area (Å²) >= 11 is 0. The SMILES string of the molecule is COCOc1cc(-c2cnnc(OC)c2)c(F)cc1-c1ccc(N2CCC(NC3(CF)CC3)C2)nn1. The van der Waals surface area contributed by atoms with Crippen molar-refractivity contribution in [3.8, 4) is 34.0 Å². The lowest BCUT2D eigenvalue weighted by Gasteiger charge is -2.21. The third-order valence-electron chi connectivity index (χ3n) is 6.61. The highest BCUT2D eigenvalue weighted by Gasteiger charge is 2.45. The molecule has 1 saturated carbocycles. The molecule has 0 amide bonds. The molecular weight excluding hydrogens is 470 g/mol. The fraction of sp³-hybridized carbons (Fsp3) is 0.440. The van der Waals surface area contributed by atoms with E-state index < -0.39 is 5.82 Å². The van der Waals surface area contributed by atoms with E-state index in [0.717, 1.165) is 38.2 Å². The molecular formula is C25H28F2N6O3.